The van der Waals surface area contributed by atoms with E-state index in [0.29, 0.717) is 12.1 Å². The van der Waals surface area contributed by atoms with E-state index in [2.05, 4.69) is 27.3 Å². The molecular formula is C22H20FN3O. The van der Waals surface area contributed by atoms with Crippen molar-refractivity contribution < 1.29 is 9.18 Å². The van der Waals surface area contributed by atoms with E-state index in [1.54, 1.807) is 18.3 Å². The predicted molar refractivity (Wildman–Crippen MR) is 103 cm³/mol. The summed E-state index contributed by atoms with van der Waals surface area (Å²) in [5.74, 6) is -0.698. The zero-order valence-electron chi connectivity index (χ0n) is 14.8. The first-order valence-corrected chi connectivity index (χ1v) is 9.00. The number of carbonyl (C=O) groups excluding carboxylic acids is 1. The van der Waals surface area contributed by atoms with Crippen molar-refractivity contribution in [2.45, 2.75) is 12.5 Å². The number of para-hydroxylation sites is 1. The number of hydrogen-bond donors (Lipinski definition) is 1. The van der Waals surface area contributed by atoms with Gasteiger partial charge in [-0.3, -0.25) is 9.78 Å². The summed E-state index contributed by atoms with van der Waals surface area (Å²) in [6.07, 6.45) is 4.55. The molecule has 27 heavy (non-hydrogen) atoms. The maximum Gasteiger partial charge on any atom is 0.251 e. The molecule has 0 bridgehead atoms. The second kappa shape index (κ2) is 7.58. The molecule has 0 aliphatic carbocycles. The molecule has 4 rings (SSSR count). The normalized spacial score (nSPS) is 13.9. The first-order chi connectivity index (χ1) is 13.2. The minimum absolute atomic E-state index is 0.0418. The fourth-order valence-electron chi connectivity index (χ4n) is 3.59. The molecule has 0 unspecified atom stereocenters. The van der Waals surface area contributed by atoms with Crippen molar-refractivity contribution in [1.82, 2.24) is 10.3 Å². The molecule has 1 aliphatic heterocycles. The van der Waals surface area contributed by atoms with E-state index in [1.807, 2.05) is 30.5 Å². The monoisotopic (exact) mass is 361 g/mol. The molecule has 3 aromatic rings. The Morgan fingerprint density at radius 1 is 1.15 bits per heavy atom. The number of carbonyl (C=O) groups is 1. The number of benzene rings is 2. The van der Waals surface area contributed by atoms with E-state index in [1.165, 1.54) is 23.4 Å². The summed E-state index contributed by atoms with van der Waals surface area (Å²) in [7, 11) is 0. The Morgan fingerprint density at radius 3 is 2.85 bits per heavy atom. The van der Waals surface area contributed by atoms with Gasteiger partial charge >= 0.3 is 0 Å². The number of anilines is 1. The Balaban J connectivity index is 1.57. The van der Waals surface area contributed by atoms with Gasteiger partial charge in [0.1, 0.15) is 5.82 Å². The molecule has 0 saturated heterocycles. The lowest BCUT2D eigenvalue weighted by Gasteiger charge is -2.31. The molecule has 2 heterocycles. The number of nitrogens with one attached hydrogen (secondary N) is 1. The lowest BCUT2D eigenvalue weighted by Crippen LogP contribution is -2.37. The molecule has 1 aromatic heterocycles. The Hall–Kier alpha value is -3.21. The van der Waals surface area contributed by atoms with Crippen molar-refractivity contribution >= 4 is 11.6 Å². The van der Waals surface area contributed by atoms with Crippen LogP contribution in [0.2, 0.25) is 0 Å². The highest BCUT2D eigenvalue weighted by Gasteiger charge is 2.27. The van der Waals surface area contributed by atoms with Crippen LogP contribution >= 0.6 is 0 Å². The zero-order valence-corrected chi connectivity index (χ0v) is 14.8. The topological polar surface area (TPSA) is 45.2 Å². The van der Waals surface area contributed by atoms with E-state index < -0.39 is 5.82 Å². The molecule has 2 aromatic carbocycles. The summed E-state index contributed by atoms with van der Waals surface area (Å²) < 4.78 is 13.4. The van der Waals surface area contributed by atoms with Gasteiger partial charge in [-0.05, 0) is 47.9 Å². The Bertz CT molecular complexity index is 945. The summed E-state index contributed by atoms with van der Waals surface area (Å²) in [6.45, 7) is 1.30. The third-order valence-electron chi connectivity index (χ3n) is 4.91. The van der Waals surface area contributed by atoms with Crippen LogP contribution in [0.1, 0.15) is 27.5 Å². The highest BCUT2D eigenvalue weighted by atomic mass is 19.1. The van der Waals surface area contributed by atoms with Gasteiger partial charge in [-0.25, -0.2) is 4.39 Å². The van der Waals surface area contributed by atoms with Crippen LogP contribution in [0.15, 0.2) is 73.1 Å². The first kappa shape index (κ1) is 17.2. The van der Waals surface area contributed by atoms with Gasteiger partial charge in [0.2, 0.25) is 0 Å². The van der Waals surface area contributed by atoms with Crippen molar-refractivity contribution in [3.05, 3.63) is 95.6 Å². The van der Waals surface area contributed by atoms with Gasteiger partial charge in [-0.15, -0.1) is 0 Å². The molecule has 5 heteroatoms. The molecule has 0 saturated carbocycles. The highest BCUT2D eigenvalue weighted by molar-refractivity contribution is 5.94. The predicted octanol–water partition coefficient (Wildman–Crippen LogP) is 3.75. The summed E-state index contributed by atoms with van der Waals surface area (Å²) in [6, 6.07) is 17.9. The average Bonchev–Trinajstić information content (AvgIpc) is 3.13. The molecule has 0 spiro atoms. The van der Waals surface area contributed by atoms with E-state index >= 15 is 0 Å². The van der Waals surface area contributed by atoms with Crippen LogP contribution in [0.25, 0.3) is 0 Å². The minimum atomic E-state index is -0.417. The summed E-state index contributed by atoms with van der Waals surface area (Å²) >= 11 is 0. The van der Waals surface area contributed by atoms with E-state index in [0.717, 1.165) is 18.5 Å². The molecule has 1 amide bonds. The average molecular weight is 361 g/mol. The molecule has 4 nitrogen and oxygen atoms in total. The third-order valence-corrected chi connectivity index (χ3v) is 4.91. The van der Waals surface area contributed by atoms with Gasteiger partial charge < -0.3 is 10.2 Å². The maximum atomic E-state index is 13.4. The van der Waals surface area contributed by atoms with Crippen LogP contribution in [-0.4, -0.2) is 24.0 Å². The quantitative estimate of drug-likeness (QED) is 0.753. The SMILES string of the molecule is O=C(NC[C@@H](c1cccnc1)N1CCc2ccccc21)c1cccc(F)c1. The van der Waals surface area contributed by atoms with E-state index in [4.69, 9.17) is 0 Å². The van der Waals surface area contributed by atoms with Gasteiger partial charge in [0.05, 0.1) is 6.04 Å². The second-order valence-corrected chi connectivity index (χ2v) is 6.59. The van der Waals surface area contributed by atoms with Crippen LogP contribution in [0.3, 0.4) is 0 Å². The number of aromatic nitrogens is 1. The molecule has 1 N–H and O–H groups in total. The molecule has 1 atom stereocenters. The summed E-state index contributed by atoms with van der Waals surface area (Å²) in [5, 5.41) is 2.96. The van der Waals surface area contributed by atoms with Crippen molar-refractivity contribution in [3.8, 4) is 0 Å². The maximum absolute atomic E-state index is 13.4. The minimum Gasteiger partial charge on any atom is -0.362 e. The van der Waals surface area contributed by atoms with Gasteiger partial charge in [0, 0.05) is 36.7 Å². The van der Waals surface area contributed by atoms with E-state index in [-0.39, 0.29) is 11.9 Å². The number of nitrogens with zero attached hydrogens (tertiary/aromatic N) is 2. The number of amides is 1. The first-order valence-electron chi connectivity index (χ1n) is 9.00. The van der Waals surface area contributed by atoms with Gasteiger partial charge in [0.15, 0.2) is 0 Å². The Labute approximate surface area is 157 Å². The van der Waals surface area contributed by atoms with Crippen LogP contribution in [0.4, 0.5) is 10.1 Å². The Morgan fingerprint density at radius 2 is 2.04 bits per heavy atom. The van der Waals surface area contributed by atoms with Crippen LogP contribution in [0, 0.1) is 5.82 Å². The number of fused-ring (bicyclic) bond motifs is 1. The molecular weight excluding hydrogens is 341 g/mol. The zero-order chi connectivity index (χ0) is 18.6. The highest BCUT2D eigenvalue weighted by Crippen LogP contribution is 2.34. The number of halogens is 1. The molecule has 0 fully saturated rings. The van der Waals surface area contributed by atoms with Crippen molar-refractivity contribution in [1.29, 1.82) is 0 Å². The lowest BCUT2D eigenvalue weighted by molar-refractivity contribution is 0.0950. The molecule has 0 radical (unpaired) electrons. The molecule has 136 valence electrons. The van der Waals surface area contributed by atoms with Crippen molar-refractivity contribution in [2.24, 2.45) is 0 Å². The van der Waals surface area contributed by atoms with E-state index in [9.17, 15) is 9.18 Å². The smallest absolute Gasteiger partial charge is 0.251 e. The third kappa shape index (κ3) is 3.67. The standard InChI is InChI=1S/C22H20FN3O/c23-19-8-3-6-17(13-19)22(27)25-15-21(18-7-4-11-24-14-18)26-12-10-16-5-1-2-9-20(16)26/h1-9,11,13-14,21H,10,12,15H2,(H,25,27)/t21-/m0/s1. The van der Waals surface area contributed by atoms with Crippen molar-refractivity contribution in [2.75, 3.05) is 18.0 Å². The van der Waals surface area contributed by atoms with Crippen LogP contribution < -0.4 is 10.2 Å². The largest absolute Gasteiger partial charge is 0.362 e. The number of rotatable bonds is 5. The van der Waals surface area contributed by atoms with Gasteiger partial charge in [-0.2, -0.15) is 0 Å². The fourth-order valence-corrected chi connectivity index (χ4v) is 3.59. The molecule has 1 aliphatic rings. The number of hydrogen-bond acceptors (Lipinski definition) is 3. The summed E-state index contributed by atoms with van der Waals surface area (Å²) in [4.78, 5) is 19.0. The van der Waals surface area contributed by atoms with Crippen LogP contribution in [-0.2, 0) is 6.42 Å². The second-order valence-electron chi connectivity index (χ2n) is 6.59. The van der Waals surface area contributed by atoms with Crippen LogP contribution in [0.5, 0.6) is 0 Å². The Kier molecular flexibility index (Phi) is 4.83. The van der Waals surface area contributed by atoms with Crippen molar-refractivity contribution in [3.63, 3.8) is 0 Å². The lowest BCUT2D eigenvalue weighted by atomic mass is 10.1. The number of pyridine rings is 1. The van der Waals surface area contributed by atoms with Gasteiger partial charge in [0.25, 0.3) is 5.91 Å². The van der Waals surface area contributed by atoms with Gasteiger partial charge in [-0.1, -0.05) is 30.3 Å². The summed E-state index contributed by atoms with van der Waals surface area (Å²) in [5.41, 5.74) is 3.85. The fraction of sp³-hybridized carbons (Fsp3) is 0.182.